The zero-order chi connectivity index (χ0) is 42.2. The van der Waals surface area contributed by atoms with Gasteiger partial charge in [-0.3, -0.25) is 19.2 Å². The van der Waals surface area contributed by atoms with Gasteiger partial charge in [0.25, 0.3) is 0 Å². The van der Waals surface area contributed by atoms with E-state index < -0.39 is 24.0 Å². The molecule has 13 nitrogen and oxygen atoms in total. The highest BCUT2D eigenvalue weighted by atomic mass is 19.1. The lowest BCUT2D eigenvalue weighted by Crippen LogP contribution is -2.52. The maximum atomic E-state index is 13.2. The van der Waals surface area contributed by atoms with E-state index in [2.05, 4.69) is 31.3 Å². The van der Waals surface area contributed by atoms with Crippen LogP contribution in [0.15, 0.2) is 48.5 Å². The number of nitrogens with one attached hydrogen (secondary N) is 5. The van der Waals surface area contributed by atoms with Gasteiger partial charge >= 0.3 is 17.9 Å². The van der Waals surface area contributed by atoms with Crippen molar-refractivity contribution in [2.45, 2.75) is 88.4 Å². The van der Waals surface area contributed by atoms with Gasteiger partial charge in [0.2, 0.25) is 5.91 Å². The summed E-state index contributed by atoms with van der Waals surface area (Å²) in [6, 6.07) is 11.8. The second-order valence-electron chi connectivity index (χ2n) is 14.6. The van der Waals surface area contributed by atoms with Gasteiger partial charge in [0.15, 0.2) is 0 Å². The van der Waals surface area contributed by atoms with Gasteiger partial charge in [-0.05, 0) is 120 Å². The van der Waals surface area contributed by atoms with E-state index >= 15 is 0 Å². The Morgan fingerprint density at radius 3 is 1.61 bits per heavy atom. The standard InChI is InChI=1S/C21H32FN3O3.C11H22N2O2.C10H12FNO2/c1-23-18-7-5-4-6-16(18)13-25(14-20(26)28-3)21(27)19(24-2)12-15-8-10-17(22)11-9-15;1-12-10-6-4-3-5-9(10)7-13-8-11(14)15-2;1-12-9(10(13)14)6-7-2-4-8(11)5-3-7/h8-11,16,18-19,23-24H,4-7,12-14H2,1-3H3;9-10,12-13H,3-8H2,1-2H3;2-5,9,12H,6H2,1H3,(H,13,14)/t16-,18+,19-;9-,10+;9-/m000/s1. The van der Waals surface area contributed by atoms with E-state index in [1.807, 2.05) is 14.1 Å². The molecule has 0 spiro atoms. The van der Waals surface area contributed by atoms with Crippen LogP contribution in [0.3, 0.4) is 0 Å². The van der Waals surface area contributed by atoms with E-state index in [4.69, 9.17) is 9.84 Å². The number of methoxy groups -OCH3 is 2. The lowest BCUT2D eigenvalue weighted by atomic mass is 9.84. The average Bonchev–Trinajstić information content (AvgIpc) is 3.23. The fourth-order valence-corrected chi connectivity index (χ4v) is 7.36. The SMILES string of the molecule is CN[C@@H](Cc1ccc(F)cc1)C(=O)N(CC(=O)OC)C[C@@H]1CCCC[C@H]1NC.CN[C@@H](Cc1ccc(F)cc1)C(=O)O.CN[C@@H]1CCCC[C@H]1CNCC(=O)OC. The monoisotopic (exact) mass is 804 g/mol. The van der Waals surface area contributed by atoms with Crippen LogP contribution < -0.4 is 26.6 Å². The lowest BCUT2D eigenvalue weighted by Gasteiger charge is -2.36. The predicted molar refractivity (Wildman–Crippen MR) is 217 cm³/mol. The Kier molecular flexibility index (Phi) is 23.8. The quantitative estimate of drug-likeness (QED) is 0.122. The first-order valence-corrected chi connectivity index (χ1v) is 19.9. The average molecular weight is 805 g/mol. The summed E-state index contributed by atoms with van der Waals surface area (Å²) in [4.78, 5) is 48.3. The van der Waals surface area contributed by atoms with Crippen LogP contribution in [0, 0.1) is 23.5 Å². The molecule has 320 valence electrons. The van der Waals surface area contributed by atoms with Crippen LogP contribution in [0.1, 0.15) is 62.5 Å². The number of hydrogen-bond acceptors (Lipinski definition) is 11. The van der Waals surface area contributed by atoms with Crippen LogP contribution in [0.4, 0.5) is 8.78 Å². The maximum absolute atomic E-state index is 13.2. The smallest absolute Gasteiger partial charge is 0.325 e. The number of ether oxygens (including phenoxy) is 2. The summed E-state index contributed by atoms with van der Waals surface area (Å²) in [6.07, 6.45) is 10.3. The summed E-state index contributed by atoms with van der Waals surface area (Å²) in [5.74, 6) is -1.34. The van der Waals surface area contributed by atoms with Crippen molar-refractivity contribution in [1.29, 1.82) is 0 Å². The van der Waals surface area contributed by atoms with E-state index in [0.717, 1.165) is 36.9 Å². The third kappa shape index (κ3) is 18.4. The molecule has 2 fully saturated rings. The number of halogens is 2. The molecule has 6 N–H and O–H groups in total. The Balaban J connectivity index is 0.000000325. The van der Waals surface area contributed by atoms with Crippen LogP contribution in [0.25, 0.3) is 0 Å². The molecule has 6 atom stereocenters. The van der Waals surface area contributed by atoms with Crippen molar-refractivity contribution < 1.29 is 42.5 Å². The first kappa shape index (κ1) is 49.1. The normalized spacial score (nSPS) is 20.0. The predicted octanol–water partition coefficient (Wildman–Crippen LogP) is 3.30. The molecule has 2 aliphatic rings. The van der Waals surface area contributed by atoms with Crippen LogP contribution in [-0.2, 0) is 41.5 Å². The van der Waals surface area contributed by atoms with Gasteiger partial charge in [-0.15, -0.1) is 0 Å². The number of carbonyl (C=O) groups excluding carboxylic acids is 3. The van der Waals surface area contributed by atoms with Crippen molar-refractivity contribution in [3.05, 3.63) is 71.3 Å². The van der Waals surface area contributed by atoms with Crippen LogP contribution in [-0.4, -0.2) is 127 Å². The Bertz CT molecular complexity index is 1470. The summed E-state index contributed by atoms with van der Waals surface area (Å²) in [5.41, 5.74) is 1.66. The zero-order valence-electron chi connectivity index (χ0n) is 34.6. The molecule has 57 heavy (non-hydrogen) atoms. The Hall–Kier alpha value is -4.02. The topological polar surface area (TPSA) is 170 Å². The molecule has 4 rings (SSSR count). The van der Waals surface area contributed by atoms with Crippen molar-refractivity contribution in [2.24, 2.45) is 11.8 Å². The number of hydrogen-bond donors (Lipinski definition) is 6. The van der Waals surface area contributed by atoms with Crippen molar-refractivity contribution >= 4 is 23.8 Å². The van der Waals surface area contributed by atoms with Crippen molar-refractivity contribution in [3.63, 3.8) is 0 Å². The molecular formula is C42H66F2N6O7. The minimum absolute atomic E-state index is 0.0656. The van der Waals surface area contributed by atoms with Gasteiger partial charge in [0.05, 0.1) is 26.8 Å². The Morgan fingerprint density at radius 2 is 1.16 bits per heavy atom. The van der Waals surface area contributed by atoms with Crippen LogP contribution in [0.5, 0.6) is 0 Å². The van der Waals surface area contributed by atoms with Crippen LogP contribution in [0.2, 0.25) is 0 Å². The van der Waals surface area contributed by atoms with Gasteiger partial charge in [-0.2, -0.15) is 0 Å². The second kappa shape index (κ2) is 27.6. The number of nitrogens with zero attached hydrogens (tertiary/aromatic N) is 1. The molecule has 2 aromatic carbocycles. The molecule has 2 aliphatic carbocycles. The summed E-state index contributed by atoms with van der Waals surface area (Å²) in [5, 5.41) is 24.3. The number of carboxylic acid groups (broad SMARTS) is 1. The molecule has 2 aromatic rings. The Labute approximate surface area is 337 Å². The van der Waals surface area contributed by atoms with E-state index in [1.165, 1.54) is 70.6 Å². The highest BCUT2D eigenvalue weighted by Crippen LogP contribution is 2.26. The molecular weight excluding hydrogens is 738 g/mol. The maximum Gasteiger partial charge on any atom is 0.325 e. The van der Waals surface area contributed by atoms with E-state index in [9.17, 15) is 28.0 Å². The zero-order valence-corrected chi connectivity index (χ0v) is 34.6. The number of carbonyl (C=O) groups is 4. The third-order valence-electron chi connectivity index (χ3n) is 10.8. The second-order valence-corrected chi connectivity index (χ2v) is 14.6. The van der Waals surface area contributed by atoms with E-state index in [0.29, 0.717) is 49.9 Å². The van der Waals surface area contributed by atoms with Crippen LogP contribution >= 0.6 is 0 Å². The van der Waals surface area contributed by atoms with Crippen molar-refractivity contribution in [1.82, 2.24) is 31.5 Å². The number of benzene rings is 2. The first-order valence-electron chi connectivity index (χ1n) is 19.9. The Morgan fingerprint density at radius 1 is 0.702 bits per heavy atom. The third-order valence-corrected chi connectivity index (χ3v) is 10.8. The number of likely N-dealkylation sites (N-methyl/N-ethyl adjacent to an activating group) is 2. The molecule has 0 radical (unpaired) electrons. The summed E-state index contributed by atoms with van der Waals surface area (Å²) < 4.78 is 35.1. The fourth-order valence-electron chi connectivity index (χ4n) is 7.36. The van der Waals surface area contributed by atoms with Crippen molar-refractivity contribution in [3.8, 4) is 0 Å². The minimum Gasteiger partial charge on any atom is -0.480 e. The molecule has 15 heteroatoms. The molecule has 0 saturated heterocycles. The molecule has 0 unspecified atom stereocenters. The van der Waals surface area contributed by atoms with Gasteiger partial charge in [0, 0.05) is 18.6 Å². The first-order chi connectivity index (χ1) is 27.4. The lowest BCUT2D eigenvalue weighted by molar-refractivity contribution is -0.148. The number of rotatable bonds is 18. The van der Waals surface area contributed by atoms with E-state index in [1.54, 1.807) is 43.3 Å². The van der Waals surface area contributed by atoms with E-state index in [-0.39, 0.29) is 30.1 Å². The highest BCUT2D eigenvalue weighted by molar-refractivity contribution is 5.86. The number of amides is 1. The number of aliphatic carboxylic acids is 1. The molecule has 0 aromatic heterocycles. The summed E-state index contributed by atoms with van der Waals surface area (Å²) in [7, 11) is 10.0. The molecule has 1 amide bonds. The minimum atomic E-state index is -0.906. The number of carboxylic acids is 1. The van der Waals surface area contributed by atoms with Gasteiger partial charge in [-0.1, -0.05) is 49.9 Å². The van der Waals surface area contributed by atoms with Gasteiger partial charge in [-0.25, -0.2) is 8.78 Å². The largest absolute Gasteiger partial charge is 0.480 e. The number of esters is 2. The van der Waals surface area contributed by atoms with Gasteiger partial charge in [0.1, 0.15) is 24.2 Å². The highest BCUT2D eigenvalue weighted by Gasteiger charge is 2.31. The molecule has 0 bridgehead atoms. The molecule has 2 saturated carbocycles. The van der Waals surface area contributed by atoms with Crippen molar-refractivity contribution in [2.75, 3.05) is 68.6 Å². The van der Waals surface area contributed by atoms with Gasteiger partial charge < -0.3 is 46.1 Å². The molecule has 0 heterocycles. The summed E-state index contributed by atoms with van der Waals surface area (Å²) in [6.45, 7) is 1.68. The molecule has 0 aliphatic heterocycles. The summed E-state index contributed by atoms with van der Waals surface area (Å²) >= 11 is 0. The fraction of sp³-hybridized carbons (Fsp3) is 0.619.